The van der Waals surface area contributed by atoms with Crippen molar-refractivity contribution in [3.05, 3.63) is 24.4 Å². The summed E-state index contributed by atoms with van der Waals surface area (Å²) in [4.78, 5) is 19.3. The van der Waals surface area contributed by atoms with Crippen molar-refractivity contribution < 1.29 is 14.6 Å². The summed E-state index contributed by atoms with van der Waals surface area (Å²) in [5.74, 6) is 1.13. The predicted octanol–water partition coefficient (Wildman–Crippen LogP) is 0.812. The molecule has 2 atom stereocenters. The van der Waals surface area contributed by atoms with Crippen molar-refractivity contribution in [2.45, 2.75) is 25.3 Å². The number of ether oxygens (including phenoxy) is 1. The van der Waals surface area contributed by atoms with Crippen LogP contribution in [0.25, 0.3) is 0 Å². The summed E-state index contributed by atoms with van der Waals surface area (Å²) in [7, 11) is 0. The van der Waals surface area contributed by atoms with Crippen LogP contribution in [0.4, 0.5) is 5.82 Å². The Hall–Kier alpha value is -1.66. The lowest BCUT2D eigenvalue weighted by atomic mass is 9.89. The van der Waals surface area contributed by atoms with E-state index in [1.165, 1.54) is 0 Å². The molecule has 2 N–H and O–H groups in total. The minimum Gasteiger partial charge on any atom is -0.394 e. The highest BCUT2D eigenvalue weighted by atomic mass is 16.5. The van der Waals surface area contributed by atoms with E-state index in [0.717, 1.165) is 12.4 Å². The molecule has 2 saturated heterocycles. The molecule has 126 valence electrons. The van der Waals surface area contributed by atoms with E-state index in [1.54, 1.807) is 6.20 Å². The summed E-state index contributed by atoms with van der Waals surface area (Å²) >= 11 is 0. The van der Waals surface area contributed by atoms with Gasteiger partial charge in [0.2, 0.25) is 5.91 Å². The summed E-state index contributed by atoms with van der Waals surface area (Å²) in [6.07, 6.45) is 3.11. The molecule has 1 aromatic heterocycles. The molecular weight excluding hydrogens is 294 g/mol. The van der Waals surface area contributed by atoms with Crippen LogP contribution in [-0.4, -0.2) is 54.4 Å². The van der Waals surface area contributed by atoms with Gasteiger partial charge in [-0.15, -0.1) is 0 Å². The maximum Gasteiger partial charge on any atom is 0.225 e. The van der Waals surface area contributed by atoms with Gasteiger partial charge in [-0.2, -0.15) is 0 Å². The number of amides is 1. The SMILES string of the molecule is C[C@@H]1CN(c2ccccn2)C[C@H]1C(=O)NC1(CO)CCOCC1. The molecule has 0 bridgehead atoms. The van der Waals surface area contributed by atoms with E-state index in [1.807, 2.05) is 18.2 Å². The summed E-state index contributed by atoms with van der Waals surface area (Å²) in [5, 5.41) is 12.8. The molecule has 0 spiro atoms. The van der Waals surface area contributed by atoms with Gasteiger partial charge in [0.1, 0.15) is 5.82 Å². The fraction of sp³-hybridized carbons (Fsp3) is 0.647. The third kappa shape index (κ3) is 3.48. The van der Waals surface area contributed by atoms with Gasteiger partial charge in [-0.25, -0.2) is 4.98 Å². The number of pyridine rings is 1. The zero-order valence-corrected chi connectivity index (χ0v) is 13.6. The Labute approximate surface area is 136 Å². The monoisotopic (exact) mass is 319 g/mol. The molecule has 0 saturated carbocycles. The molecule has 23 heavy (non-hydrogen) atoms. The third-order valence-electron chi connectivity index (χ3n) is 5.06. The molecule has 0 radical (unpaired) electrons. The second-order valence-electron chi connectivity index (χ2n) is 6.72. The van der Waals surface area contributed by atoms with Crippen LogP contribution in [0.1, 0.15) is 19.8 Å². The molecule has 3 rings (SSSR count). The Morgan fingerprint density at radius 3 is 2.87 bits per heavy atom. The van der Waals surface area contributed by atoms with Crippen molar-refractivity contribution in [2.24, 2.45) is 11.8 Å². The van der Waals surface area contributed by atoms with E-state index in [2.05, 4.69) is 22.1 Å². The Balaban J connectivity index is 1.65. The summed E-state index contributed by atoms with van der Waals surface area (Å²) in [6.45, 7) is 4.73. The first-order valence-electron chi connectivity index (χ1n) is 8.30. The highest BCUT2D eigenvalue weighted by molar-refractivity contribution is 5.81. The van der Waals surface area contributed by atoms with Gasteiger partial charge in [0.05, 0.1) is 18.1 Å². The van der Waals surface area contributed by atoms with Crippen LogP contribution >= 0.6 is 0 Å². The Bertz CT molecular complexity index is 531. The van der Waals surface area contributed by atoms with Gasteiger partial charge in [0.15, 0.2) is 0 Å². The molecule has 2 aliphatic rings. The van der Waals surface area contributed by atoms with Crippen LogP contribution < -0.4 is 10.2 Å². The van der Waals surface area contributed by atoms with Gasteiger partial charge in [-0.3, -0.25) is 4.79 Å². The molecule has 1 aromatic rings. The number of anilines is 1. The number of nitrogens with zero attached hydrogens (tertiary/aromatic N) is 2. The zero-order chi connectivity index (χ0) is 16.3. The summed E-state index contributed by atoms with van der Waals surface area (Å²) < 4.78 is 5.35. The fourth-order valence-electron chi connectivity index (χ4n) is 3.47. The molecule has 0 aromatic carbocycles. The second kappa shape index (κ2) is 6.84. The van der Waals surface area contributed by atoms with Crippen LogP contribution in [0.5, 0.6) is 0 Å². The van der Waals surface area contributed by atoms with E-state index >= 15 is 0 Å². The average Bonchev–Trinajstić information content (AvgIpc) is 2.98. The zero-order valence-electron chi connectivity index (χ0n) is 13.6. The molecule has 6 nitrogen and oxygen atoms in total. The highest BCUT2D eigenvalue weighted by Gasteiger charge is 2.40. The fourth-order valence-corrected chi connectivity index (χ4v) is 3.47. The van der Waals surface area contributed by atoms with Crippen LogP contribution in [-0.2, 0) is 9.53 Å². The van der Waals surface area contributed by atoms with Crippen LogP contribution in [0.3, 0.4) is 0 Å². The van der Waals surface area contributed by atoms with Gasteiger partial charge in [-0.05, 0) is 30.9 Å². The minimum absolute atomic E-state index is 0.0341. The first-order valence-corrected chi connectivity index (χ1v) is 8.30. The second-order valence-corrected chi connectivity index (χ2v) is 6.72. The molecule has 2 aliphatic heterocycles. The Morgan fingerprint density at radius 2 is 2.22 bits per heavy atom. The molecule has 1 amide bonds. The Kier molecular flexibility index (Phi) is 4.82. The highest BCUT2D eigenvalue weighted by Crippen LogP contribution is 2.28. The quantitative estimate of drug-likeness (QED) is 0.859. The number of rotatable bonds is 4. The van der Waals surface area contributed by atoms with Crippen molar-refractivity contribution in [1.82, 2.24) is 10.3 Å². The minimum atomic E-state index is -0.520. The van der Waals surface area contributed by atoms with Crippen molar-refractivity contribution in [3.63, 3.8) is 0 Å². The normalized spacial score (nSPS) is 27.0. The number of hydrogen-bond acceptors (Lipinski definition) is 5. The lowest BCUT2D eigenvalue weighted by Crippen LogP contribution is -2.56. The summed E-state index contributed by atoms with van der Waals surface area (Å²) in [5.41, 5.74) is -0.520. The van der Waals surface area contributed by atoms with Crippen molar-refractivity contribution in [1.29, 1.82) is 0 Å². The van der Waals surface area contributed by atoms with Crippen molar-refractivity contribution >= 4 is 11.7 Å². The van der Waals surface area contributed by atoms with Crippen molar-refractivity contribution in [2.75, 3.05) is 37.8 Å². The number of aliphatic hydroxyl groups is 1. The van der Waals surface area contributed by atoms with Gasteiger partial charge < -0.3 is 20.1 Å². The molecular formula is C17H25N3O3. The van der Waals surface area contributed by atoms with E-state index in [4.69, 9.17) is 4.74 Å². The smallest absolute Gasteiger partial charge is 0.225 e. The van der Waals surface area contributed by atoms with E-state index in [0.29, 0.717) is 32.6 Å². The Morgan fingerprint density at radius 1 is 1.43 bits per heavy atom. The lowest BCUT2D eigenvalue weighted by Gasteiger charge is -2.37. The number of hydrogen-bond donors (Lipinski definition) is 2. The number of aliphatic hydroxyl groups excluding tert-OH is 1. The maximum atomic E-state index is 12.8. The average molecular weight is 319 g/mol. The standard InChI is InChI=1S/C17H25N3O3/c1-13-10-20(15-4-2-3-7-18-15)11-14(13)16(22)19-17(12-21)5-8-23-9-6-17/h2-4,7,13-14,21H,5-6,8-12H2,1H3,(H,19,22)/t13-,14-/m1/s1. The number of carbonyl (C=O) groups excluding carboxylic acids is 1. The maximum absolute atomic E-state index is 12.8. The van der Waals surface area contributed by atoms with Crippen molar-refractivity contribution in [3.8, 4) is 0 Å². The molecule has 2 fully saturated rings. The lowest BCUT2D eigenvalue weighted by molar-refractivity contribution is -0.129. The molecule has 0 unspecified atom stereocenters. The van der Waals surface area contributed by atoms with Crippen LogP contribution in [0, 0.1) is 11.8 Å². The first-order chi connectivity index (χ1) is 11.1. The predicted molar refractivity (Wildman–Crippen MR) is 87.1 cm³/mol. The summed E-state index contributed by atoms with van der Waals surface area (Å²) in [6, 6.07) is 5.83. The van der Waals surface area contributed by atoms with Gasteiger partial charge >= 0.3 is 0 Å². The molecule has 6 heteroatoms. The number of aromatic nitrogens is 1. The van der Waals surface area contributed by atoms with E-state index in [9.17, 15) is 9.90 Å². The van der Waals surface area contributed by atoms with Gasteiger partial charge in [0, 0.05) is 32.5 Å². The first kappa shape index (κ1) is 16.2. The van der Waals surface area contributed by atoms with E-state index in [-0.39, 0.29) is 24.3 Å². The topological polar surface area (TPSA) is 74.7 Å². The molecule has 0 aliphatic carbocycles. The third-order valence-corrected chi connectivity index (χ3v) is 5.06. The van der Waals surface area contributed by atoms with Crippen LogP contribution in [0.2, 0.25) is 0 Å². The number of carbonyl (C=O) groups is 1. The van der Waals surface area contributed by atoms with E-state index < -0.39 is 5.54 Å². The largest absolute Gasteiger partial charge is 0.394 e. The van der Waals surface area contributed by atoms with Gasteiger partial charge in [0.25, 0.3) is 0 Å². The van der Waals surface area contributed by atoms with Crippen LogP contribution in [0.15, 0.2) is 24.4 Å². The van der Waals surface area contributed by atoms with Gasteiger partial charge in [-0.1, -0.05) is 13.0 Å². The number of nitrogens with one attached hydrogen (secondary N) is 1. The molecule has 3 heterocycles.